The van der Waals surface area contributed by atoms with E-state index in [1.54, 1.807) is 0 Å². The fraction of sp³-hybridized carbons (Fsp3) is 0.625. The van der Waals surface area contributed by atoms with Crippen LogP contribution in [0.3, 0.4) is 0 Å². The van der Waals surface area contributed by atoms with Gasteiger partial charge in [0.1, 0.15) is 0 Å². The number of hydrogen-bond acceptors (Lipinski definition) is 3. The largest absolute Gasteiger partial charge is 0.391 e. The standard InChI is InChI=1S/C8H13N3O/c1-5-4-6(11-10-5)8-7(12)2-3-9-8/h4,7-9,12H,2-3H2,1H3,(H,10,11). The summed E-state index contributed by atoms with van der Waals surface area (Å²) in [5.41, 5.74) is 1.95. The van der Waals surface area contributed by atoms with Gasteiger partial charge in [-0.1, -0.05) is 0 Å². The number of nitrogens with zero attached hydrogens (tertiary/aromatic N) is 1. The first-order chi connectivity index (χ1) is 5.77. The molecule has 3 N–H and O–H groups in total. The van der Waals surface area contributed by atoms with E-state index in [-0.39, 0.29) is 12.1 Å². The third kappa shape index (κ3) is 1.23. The van der Waals surface area contributed by atoms with E-state index in [1.807, 2.05) is 13.0 Å². The smallest absolute Gasteiger partial charge is 0.0820 e. The Kier molecular flexibility index (Phi) is 1.86. The van der Waals surface area contributed by atoms with Crippen LogP contribution in [0.2, 0.25) is 0 Å². The molecule has 66 valence electrons. The summed E-state index contributed by atoms with van der Waals surface area (Å²) in [6.45, 7) is 2.83. The Labute approximate surface area is 71.0 Å². The van der Waals surface area contributed by atoms with Gasteiger partial charge in [-0.3, -0.25) is 5.10 Å². The summed E-state index contributed by atoms with van der Waals surface area (Å²) in [7, 11) is 0. The molecule has 1 aromatic heterocycles. The molecule has 1 aliphatic rings. The second-order valence-electron chi connectivity index (χ2n) is 3.26. The van der Waals surface area contributed by atoms with Gasteiger partial charge in [0.2, 0.25) is 0 Å². The van der Waals surface area contributed by atoms with Crippen molar-refractivity contribution in [2.75, 3.05) is 6.54 Å². The lowest BCUT2D eigenvalue weighted by Crippen LogP contribution is -2.21. The first kappa shape index (κ1) is 7.76. The molecule has 0 aliphatic carbocycles. The minimum atomic E-state index is -0.285. The van der Waals surface area contributed by atoms with Gasteiger partial charge in [-0.05, 0) is 26.0 Å². The molecule has 4 nitrogen and oxygen atoms in total. The molecule has 0 bridgehead atoms. The lowest BCUT2D eigenvalue weighted by atomic mass is 10.1. The number of rotatable bonds is 1. The fourth-order valence-electron chi connectivity index (χ4n) is 1.59. The first-order valence-electron chi connectivity index (χ1n) is 4.21. The molecule has 2 rings (SSSR count). The topological polar surface area (TPSA) is 60.9 Å². The Morgan fingerprint density at radius 2 is 2.50 bits per heavy atom. The predicted molar refractivity (Wildman–Crippen MR) is 44.7 cm³/mol. The van der Waals surface area contributed by atoms with E-state index < -0.39 is 0 Å². The van der Waals surface area contributed by atoms with Crippen molar-refractivity contribution < 1.29 is 5.11 Å². The molecule has 0 aromatic carbocycles. The molecule has 0 spiro atoms. The molecule has 0 saturated carbocycles. The quantitative estimate of drug-likeness (QED) is 0.556. The lowest BCUT2D eigenvalue weighted by Gasteiger charge is -2.10. The van der Waals surface area contributed by atoms with Gasteiger partial charge in [0, 0.05) is 5.69 Å². The number of aromatic amines is 1. The second kappa shape index (κ2) is 2.88. The van der Waals surface area contributed by atoms with E-state index >= 15 is 0 Å². The van der Waals surface area contributed by atoms with Crippen molar-refractivity contribution in [3.05, 3.63) is 17.5 Å². The highest BCUT2D eigenvalue weighted by atomic mass is 16.3. The molecule has 2 heterocycles. The third-order valence-electron chi connectivity index (χ3n) is 2.23. The Morgan fingerprint density at radius 3 is 3.00 bits per heavy atom. The van der Waals surface area contributed by atoms with Crippen LogP contribution in [0, 0.1) is 6.92 Å². The molecule has 0 radical (unpaired) electrons. The number of hydrogen-bond donors (Lipinski definition) is 3. The summed E-state index contributed by atoms with van der Waals surface area (Å²) < 4.78 is 0. The van der Waals surface area contributed by atoms with Crippen molar-refractivity contribution in [3.8, 4) is 0 Å². The summed E-state index contributed by atoms with van der Waals surface area (Å²) >= 11 is 0. The normalized spacial score (nSPS) is 29.5. The van der Waals surface area contributed by atoms with Crippen LogP contribution in [0.5, 0.6) is 0 Å². The van der Waals surface area contributed by atoms with Gasteiger partial charge in [-0.2, -0.15) is 5.10 Å². The highest BCUT2D eigenvalue weighted by molar-refractivity contribution is 5.14. The van der Waals surface area contributed by atoms with Gasteiger partial charge in [-0.15, -0.1) is 0 Å². The highest BCUT2D eigenvalue weighted by Crippen LogP contribution is 2.21. The molecule has 2 unspecified atom stereocenters. The molecule has 1 fully saturated rings. The highest BCUT2D eigenvalue weighted by Gasteiger charge is 2.27. The molecule has 4 heteroatoms. The number of aliphatic hydroxyl groups is 1. The van der Waals surface area contributed by atoms with Crippen LogP contribution in [0.4, 0.5) is 0 Å². The van der Waals surface area contributed by atoms with Crippen LogP contribution in [-0.2, 0) is 0 Å². The van der Waals surface area contributed by atoms with Gasteiger partial charge < -0.3 is 10.4 Å². The van der Waals surface area contributed by atoms with Gasteiger partial charge in [0.05, 0.1) is 17.8 Å². The first-order valence-corrected chi connectivity index (χ1v) is 4.21. The van der Waals surface area contributed by atoms with E-state index in [0.717, 1.165) is 24.4 Å². The summed E-state index contributed by atoms with van der Waals surface area (Å²) in [6.07, 6.45) is 0.532. The number of aliphatic hydroxyl groups excluding tert-OH is 1. The lowest BCUT2D eigenvalue weighted by molar-refractivity contribution is 0.158. The Morgan fingerprint density at radius 1 is 1.67 bits per heavy atom. The van der Waals surface area contributed by atoms with Gasteiger partial charge in [0.15, 0.2) is 0 Å². The van der Waals surface area contributed by atoms with Gasteiger partial charge >= 0.3 is 0 Å². The Bertz CT molecular complexity index is 271. The van der Waals surface area contributed by atoms with Crippen molar-refractivity contribution in [1.29, 1.82) is 0 Å². The van der Waals surface area contributed by atoms with Crippen molar-refractivity contribution in [3.63, 3.8) is 0 Å². The number of aromatic nitrogens is 2. The summed E-state index contributed by atoms with van der Waals surface area (Å²) in [5.74, 6) is 0. The van der Waals surface area contributed by atoms with Crippen molar-refractivity contribution >= 4 is 0 Å². The van der Waals surface area contributed by atoms with E-state index in [9.17, 15) is 5.11 Å². The fourth-order valence-corrected chi connectivity index (χ4v) is 1.59. The molecule has 0 amide bonds. The average Bonchev–Trinajstić information content (AvgIpc) is 2.58. The summed E-state index contributed by atoms with van der Waals surface area (Å²) in [4.78, 5) is 0. The monoisotopic (exact) mass is 167 g/mol. The van der Waals surface area contributed by atoms with Crippen LogP contribution in [0.25, 0.3) is 0 Å². The zero-order valence-electron chi connectivity index (χ0n) is 7.04. The number of nitrogens with one attached hydrogen (secondary N) is 2. The maximum absolute atomic E-state index is 9.54. The van der Waals surface area contributed by atoms with E-state index in [2.05, 4.69) is 15.5 Å². The molecular weight excluding hydrogens is 154 g/mol. The van der Waals surface area contributed by atoms with E-state index in [4.69, 9.17) is 0 Å². The summed E-state index contributed by atoms with van der Waals surface area (Å²) in [5, 5.41) is 19.7. The minimum Gasteiger partial charge on any atom is -0.391 e. The maximum atomic E-state index is 9.54. The van der Waals surface area contributed by atoms with Crippen LogP contribution in [0.15, 0.2) is 6.07 Å². The van der Waals surface area contributed by atoms with Crippen LogP contribution >= 0.6 is 0 Å². The number of H-pyrrole nitrogens is 1. The van der Waals surface area contributed by atoms with E-state index in [1.165, 1.54) is 0 Å². The zero-order valence-corrected chi connectivity index (χ0v) is 7.04. The third-order valence-corrected chi connectivity index (χ3v) is 2.23. The maximum Gasteiger partial charge on any atom is 0.0820 e. The molecule has 2 atom stereocenters. The van der Waals surface area contributed by atoms with E-state index in [0.29, 0.717) is 0 Å². The van der Waals surface area contributed by atoms with Crippen LogP contribution in [-0.4, -0.2) is 28.0 Å². The Balaban J connectivity index is 2.19. The predicted octanol–water partition coefficient (Wildman–Crippen LogP) is 0.113. The van der Waals surface area contributed by atoms with Gasteiger partial charge in [0.25, 0.3) is 0 Å². The molecule has 1 aromatic rings. The Hall–Kier alpha value is -0.870. The van der Waals surface area contributed by atoms with Crippen molar-refractivity contribution in [1.82, 2.24) is 15.5 Å². The molecule has 1 saturated heterocycles. The zero-order chi connectivity index (χ0) is 8.55. The molecule has 12 heavy (non-hydrogen) atoms. The van der Waals surface area contributed by atoms with Gasteiger partial charge in [-0.25, -0.2) is 0 Å². The molecule has 1 aliphatic heterocycles. The minimum absolute atomic E-state index is 0.0231. The van der Waals surface area contributed by atoms with Crippen LogP contribution < -0.4 is 5.32 Å². The van der Waals surface area contributed by atoms with Crippen molar-refractivity contribution in [2.24, 2.45) is 0 Å². The summed E-state index contributed by atoms with van der Waals surface area (Å²) in [6, 6.07) is 1.99. The second-order valence-corrected chi connectivity index (χ2v) is 3.26. The van der Waals surface area contributed by atoms with Crippen molar-refractivity contribution in [2.45, 2.75) is 25.5 Å². The number of aryl methyl sites for hydroxylation is 1. The van der Waals surface area contributed by atoms with Crippen LogP contribution in [0.1, 0.15) is 23.9 Å². The average molecular weight is 167 g/mol. The SMILES string of the molecule is Cc1cc(C2NCCC2O)n[nH]1. The molecular formula is C8H13N3O.